The second kappa shape index (κ2) is 8.53. The first-order chi connectivity index (χ1) is 11.7. The standard InChI is InChI=1S/C13H8Cl5N3O3S/c14-7-8(15)10(17)12(11(18)9(7)16)20-13(22)19-5-1-3-6(4-2-5)21-25(23)24/h1-4,25H,(H2,19,20,22)(H,21,23,24). The zero-order chi connectivity index (χ0) is 18.7. The molecule has 0 heterocycles. The fourth-order valence-corrected chi connectivity index (χ4v) is 3.32. The van der Waals surface area contributed by atoms with E-state index in [1.807, 2.05) is 0 Å². The molecule has 0 atom stereocenters. The first kappa shape index (κ1) is 20.2. The third kappa shape index (κ3) is 4.97. The number of rotatable bonds is 4. The van der Waals surface area contributed by atoms with Crippen LogP contribution in [-0.4, -0.2) is 14.4 Å². The van der Waals surface area contributed by atoms with Crippen LogP contribution in [0.15, 0.2) is 24.3 Å². The minimum Gasteiger partial charge on any atom is -0.308 e. The highest BCUT2D eigenvalue weighted by atomic mass is 35.5. The third-order valence-electron chi connectivity index (χ3n) is 2.81. The van der Waals surface area contributed by atoms with E-state index in [9.17, 15) is 13.2 Å². The van der Waals surface area contributed by atoms with Gasteiger partial charge in [-0.15, -0.1) is 0 Å². The van der Waals surface area contributed by atoms with Crippen molar-refractivity contribution in [3.05, 3.63) is 49.4 Å². The van der Waals surface area contributed by atoms with E-state index < -0.39 is 16.9 Å². The van der Waals surface area contributed by atoms with Crippen molar-refractivity contribution in [3.8, 4) is 0 Å². The Bertz CT molecular complexity index is 866. The predicted octanol–water partition coefficient (Wildman–Crippen LogP) is 5.54. The van der Waals surface area contributed by atoms with E-state index in [0.717, 1.165) is 0 Å². The van der Waals surface area contributed by atoms with Crippen molar-refractivity contribution >= 4 is 92.0 Å². The summed E-state index contributed by atoms with van der Waals surface area (Å²) in [6, 6.07) is 5.25. The molecule has 0 aromatic heterocycles. The van der Waals surface area contributed by atoms with Gasteiger partial charge >= 0.3 is 6.03 Å². The summed E-state index contributed by atoms with van der Waals surface area (Å²) in [7, 11) is -2.77. The molecule has 134 valence electrons. The van der Waals surface area contributed by atoms with Gasteiger partial charge in [-0.2, -0.15) is 0 Å². The molecule has 0 aliphatic rings. The van der Waals surface area contributed by atoms with Crippen LogP contribution < -0.4 is 15.4 Å². The Morgan fingerprint density at radius 1 is 0.720 bits per heavy atom. The van der Waals surface area contributed by atoms with Crippen LogP contribution in [0.4, 0.5) is 21.9 Å². The molecule has 0 aliphatic carbocycles. The zero-order valence-corrected chi connectivity index (χ0v) is 16.5. The van der Waals surface area contributed by atoms with E-state index in [0.29, 0.717) is 11.4 Å². The van der Waals surface area contributed by atoms with Crippen molar-refractivity contribution in [1.29, 1.82) is 0 Å². The quantitative estimate of drug-likeness (QED) is 0.273. The molecule has 6 nitrogen and oxygen atoms in total. The summed E-state index contributed by atoms with van der Waals surface area (Å²) < 4.78 is 23.3. The summed E-state index contributed by atoms with van der Waals surface area (Å²) in [5, 5.41) is 4.71. The molecule has 2 aromatic carbocycles. The Morgan fingerprint density at radius 3 is 1.64 bits per heavy atom. The second-order valence-corrected chi connectivity index (χ2v) is 7.10. The Labute approximate surface area is 169 Å². The Morgan fingerprint density at radius 2 is 1.16 bits per heavy atom. The molecule has 0 aliphatic heterocycles. The van der Waals surface area contributed by atoms with Gasteiger partial charge in [0.1, 0.15) is 0 Å². The number of carbonyl (C=O) groups excluding carboxylic acids is 1. The first-order valence-corrected chi connectivity index (χ1v) is 9.38. The van der Waals surface area contributed by atoms with Crippen LogP contribution >= 0.6 is 58.0 Å². The van der Waals surface area contributed by atoms with Crippen LogP contribution in [0.1, 0.15) is 0 Å². The van der Waals surface area contributed by atoms with Crippen LogP contribution in [-0.2, 0) is 10.9 Å². The SMILES string of the molecule is O=C(Nc1ccc(N[SH](=O)=O)cc1)Nc1c(Cl)c(Cl)c(Cl)c(Cl)c1Cl. The van der Waals surface area contributed by atoms with Crippen LogP contribution in [0.25, 0.3) is 0 Å². The van der Waals surface area contributed by atoms with Crippen LogP contribution in [0, 0.1) is 0 Å². The molecule has 0 spiro atoms. The van der Waals surface area contributed by atoms with Crippen LogP contribution in [0.2, 0.25) is 25.1 Å². The maximum absolute atomic E-state index is 12.1. The molecule has 0 unspecified atom stereocenters. The number of hydrogen-bond donors (Lipinski definition) is 4. The van der Waals surface area contributed by atoms with Gasteiger partial charge in [-0.3, -0.25) is 4.72 Å². The summed E-state index contributed by atoms with van der Waals surface area (Å²) >= 11 is 29.8. The highest BCUT2D eigenvalue weighted by molar-refractivity contribution is 7.73. The minimum absolute atomic E-state index is 0.00173. The van der Waals surface area contributed by atoms with Gasteiger partial charge in [0.05, 0.1) is 30.8 Å². The van der Waals surface area contributed by atoms with Gasteiger partial charge in [0.25, 0.3) is 0 Å². The molecule has 0 saturated heterocycles. The lowest BCUT2D eigenvalue weighted by atomic mass is 10.3. The third-order valence-corrected chi connectivity index (χ3v) is 5.53. The number of thiol groups is 1. The fourth-order valence-electron chi connectivity index (χ4n) is 1.72. The predicted molar refractivity (Wildman–Crippen MR) is 105 cm³/mol. The lowest BCUT2D eigenvalue weighted by Crippen LogP contribution is -2.20. The first-order valence-electron chi connectivity index (χ1n) is 6.31. The number of amides is 2. The van der Waals surface area contributed by atoms with Gasteiger partial charge < -0.3 is 10.6 Å². The van der Waals surface area contributed by atoms with Crippen molar-refractivity contribution in [2.75, 3.05) is 15.4 Å². The monoisotopic (exact) mass is 461 g/mol. The largest absolute Gasteiger partial charge is 0.323 e. The number of urea groups is 1. The van der Waals surface area contributed by atoms with E-state index in [4.69, 9.17) is 58.0 Å². The fraction of sp³-hybridized carbons (Fsp3) is 0. The summed E-state index contributed by atoms with van der Waals surface area (Å²) in [6.45, 7) is 0. The van der Waals surface area contributed by atoms with Gasteiger partial charge in [-0.25, -0.2) is 13.2 Å². The van der Waals surface area contributed by atoms with E-state index >= 15 is 0 Å². The maximum atomic E-state index is 12.1. The molecule has 2 rings (SSSR count). The number of hydrogen-bond acceptors (Lipinski definition) is 3. The summed E-state index contributed by atoms with van der Waals surface area (Å²) in [4.78, 5) is 12.1. The summed E-state index contributed by atoms with van der Waals surface area (Å²) in [5.41, 5.74) is 0.744. The Balaban J connectivity index is 2.16. The topological polar surface area (TPSA) is 87.3 Å². The average molecular weight is 464 g/mol. The molecule has 25 heavy (non-hydrogen) atoms. The molecule has 0 saturated carbocycles. The average Bonchev–Trinajstić information content (AvgIpc) is 2.56. The molecule has 0 radical (unpaired) electrons. The number of halogens is 5. The smallest absolute Gasteiger partial charge is 0.308 e. The molecular formula is C13H8Cl5N3O3S. The van der Waals surface area contributed by atoms with E-state index in [1.165, 1.54) is 24.3 Å². The van der Waals surface area contributed by atoms with Gasteiger partial charge in [0.15, 0.2) is 0 Å². The summed E-state index contributed by atoms with van der Waals surface area (Å²) in [6.07, 6.45) is 0. The van der Waals surface area contributed by atoms with E-state index in [-0.39, 0.29) is 30.8 Å². The Hall–Kier alpha value is -1.09. The molecule has 12 heteroatoms. The van der Waals surface area contributed by atoms with Crippen molar-refractivity contribution in [3.63, 3.8) is 0 Å². The Kier molecular flexibility index (Phi) is 6.90. The lowest BCUT2D eigenvalue weighted by Gasteiger charge is -2.14. The molecule has 0 fully saturated rings. The van der Waals surface area contributed by atoms with Crippen molar-refractivity contribution in [2.45, 2.75) is 0 Å². The lowest BCUT2D eigenvalue weighted by molar-refractivity contribution is 0.262. The minimum atomic E-state index is -2.77. The van der Waals surface area contributed by atoms with Crippen LogP contribution in [0.3, 0.4) is 0 Å². The van der Waals surface area contributed by atoms with Gasteiger partial charge in [-0.1, -0.05) is 58.0 Å². The van der Waals surface area contributed by atoms with Crippen molar-refractivity contribution in [1.82, 2.24) is 0 Å². The summed E-state index contributed by atoms with van der Waals surface area (Å²) in [5.74, 6) is 0. The zero-order valence-electron chi connectivity index (χ0n) is 11.9. The van der Waals surface area contributed by atoms with Gasteiger partial charge in [0.2, 0.25) is 10.9 Å². The number of carbonyl (C=O) groups is 1. The molecular weight excluding hydrogens is 455 g/mol. The van der Waals surface area contributed by atoms with E-state index in [2.05, 4.69) is 15.4 Å². The highest BCUT2D eigenvalue weighted by Crippen LogP contribution is 2.46. The van der Waals surface area contributed by atoms with Gasteiger partial charge in [-0.05, 0) is 24.3 Å². The van der Waals surface area contributed by atoms with Crippen molar-refractivity contribution < 1.29 is 13.2 Å². The number of anilines is 3. The molecule has 0 bridgehead atoms. The second-order valence-electron chi connectivity index (χ2n) is 4.47. The number of benzene rings is 2. The normalized spacial score (nSPS) is 10.6. The molecule has 3 N–H and O–H groups in total. The van der Waals surface area contributed by atoms with Crippen LogP contribution in [0.5, 0.6) is 0 Å². The number of nitrogens with one attached hydrogen (secondary N) is 3. The van der Waals surface area contributed by atoms with Crippen molar-refractivity contribution in [2.24, 2.45) is 0 Å². The molecule has 2 aromatic rings. The molecule has 2 amide bonds. The van der Waals surface area contributed by atoms with E-state index in [1.54, 1.807) is 0 Å². The highest BCUT2D eigenvalue weighted by Gasteiger charge is 2.20. The van der Waals surface area contributed by atoms with Gasteiger partial charge in [0, 0.05) is 11.4 Å². The maximum Gasteiger partial charge on any atom is 0.323 e.